The van der Waals surface area contributed by atoms with Crippen molar-refractivity contribution in [2.75, 3.05) is 0 Å². The molecule has 0 spiro atoms. The molecule has 0 atom stereocenters. The Morgan fingerprint density at radius 3 is 0.631 bits per heavy atom. The lowest BCUT2D eigenvalue weighted by Gasteiger charge is -2.45. The van der Waals surface area contributed by atoms with Crippen LogP contribution < -0.4 is 0 Å². The second kappa shape index (κ2) is 5.15. The summed E-state index contributed by atoms with van der Waals surface area (Å²) in [6.07, 6.45) is 0. The molecule has 0 bridgehead atoms. The quantitative estimate of drug-likeness (QED) is 0.145. The Hall–Kier alpha value is -7.84. The van der Waals surface area contributed by atoms with Gasteiger partial charge in [-0.15, -0.1) is 0 Å². The third-order valence-electron chi connectivity index (χ3n) is 24.1. The summed E-state index contributed by atoms with van der Waals surface area (Å²) in [6, 6.07) is 2.62. The summed E-state index contributed by atoms with van der Waals surface area (Å²) in [5, 5.41) is 95.6. The Bertz CT molecular complexity index is 6920. The highest BCUT2D eigenvalue weighted by molar-refractivity contribution is 7.08. The highest BCUT2D eigenvalue weighted by atomic mass is 32.1. The molecule has 0 radical (unpaired) electrons. The van der Waals surface area contributed by atoms with Crippen LogP contribution in [0.25, 0.3) is 291 Å². The zero-order chi connectivity index (χ0) is 38.0. The molecule has 0 saturated heterocycles. The van der Waals surface area contributed by atoms with E-state index in [0.29, 0.717) is 0 Å². The predicted octanol–water partition coefficient (Wildman–Crippen LogP) is 18.2. The van der Waals surface area contributed by atoms with Gasteiger partial charge in [0.15, 0.2) is 0 Å². The summed E-state index contributed by atoms with van der Waals surface area (Å²) < 4.78 is 0. The third-order valence-corrected chi connectivity index (χ3v) is 24.8. The second-order valence-electron chi connectivity index (χ2n) is 24.1. The van der Waals surface area contributed by atoms with Gasteiger partial charge in [-0.1, -0.05) is 0 Å². The minimum atomic E-state index is -0.259. The van der Waals surface area contributed by atoms with Crippen molar-refractivity contribution in [1.82, 2.24) is 0 Å². The van der Waals surface area contributed by atoms with Gasteiger partial charge in [-0.25, -0.2) is 0 Å². The lowest BCUT2D eigenvalue weighted by Crippen LogP contribution is -2.38. The van der Waals surface area contributed by atoms with Crippen molar-refractivity contribution in [3.63, 3.8) is 0 Å². The van der Waals surface area contributed by atoms with E-state index in [0.717, 1.165) is 0 Å². The summed E-state index contributed by atoms with van der Waals surface area (Å²) in [4.78, 5) is 0. The first-order valence-corrected chi connectivity index (χ1v) is 25.2. The molecule has 65 heavy (non-hydrogen) atoms. The van der Waals surface area contributed by atoms with Crippen molar-refractivity contribution in [1.29, 1.82) is 0 Å². The van der Waals surface area contributed by atoms with E-state index in [9.17, 15) is 0 Å². The maximum Gasteiger partial charge on any atom is 0.0594 e. The summed E-state index contributed by atoms with van der Waals surface area (Å²) >= 11 is 1.95. The Labute approximate surface area is 356 Å². The highest BCUT2D eigenvalue weighted by Gasteiger charge is 2.63. The van der Waals surface area contributed by atoms with Crippen LogP contribution in [0, 0.1) is 0 Å². The molecule has 28 aromatic carbocycles. The molecular weight excluding hydrogens is 801 g/mol. The lowest BCUT2D eigenvalue weighted by atomic mass is 9.55. The monoisotopic (exact) mass is 804 g/mol. The first-order chi connectivity index (χ1) is 32.5. The van der Waals surface area contributed by atoms with Crippen LogP contribution in [0.3, 0.4) is 0 Å². The number of thiophene rings is 1. The van der Waals surface area contributed by atoms with Crippen LogP contribution in [0.1, 0.15) is 33.7 Å². The molecule has 0 unspecified atom stereocenters. The fraction of sp³-hybridized carbons (Fsp3) is 0.0312. The SMILES string of the molecule is c1cc(C23c4c5c6c7c8c9c(c%10c%11c2c2c4c4c%12c5c5c6c6c8c8c%13c9c9c%10c%10c%11c%11c2c2c4c4c%12c%12c5c5c6c8c6c8c%13c9c9c%10c%10c%11c2c2c4c4c%12c5c6c5c8c9c%10c2c45)C73)cs1. The average molecular weight is 805 g/mol. The van der Waals surface area contributed by atoms with E-state index < -0.39 is 0 Å². The zero-order valence-corrected chi connectivity index (χ0v) is 33.5. The molecule has 0 aliphatic heterocycles. The van der Waals surface area contributed by atoms with Gasteiger partial charge in [-0.2, -0.15) is 11.3 Å². The van der Waals surface area contributed by atoms with Crippen molar-refractivity contribution in [2.24, 2.45) is 0 Å². The fourth-order valence-corrected chi connectivity index (χ4v) is 24.8. The fourth-order valence-electron chi connectivity index (χ4n) is 24.1. The lowest BCUT2D eigenvalue weighted by molar-refractivity contribution is 0.569. The van der Waals surface area contributed by atoms with Crippen molar-refractivity contribution in [2.45, 2.75) is 11.3 Å². The number of hydrogen-bond donors (Lipinski definition) is 0. The Morgan fingerprint density at radius 2 is 0.415 bits per heavy atom. The van der Waals surface area contributed by atoms with Crippen LogP contribution in [0.4, 0.5) is 0 Å². The minimum Gasteiger partial charge on any atom is -0.152 e. The summed E-state index contributed by atoms with van der Waals surface area (Å²) in [6.45, 7) is 0. The van der Waals surface area contributed by atoms with E-state index in [1.807, 2.05) is 11.3 Å². The Morgan fingerprint density at radius 1 is 0.231 bits per heavy atom. The molecule has 0 amide bonds. The van der Waals surface area contributed by atoms with Gasteiger partial charge in [0.05, 0.1) is 5.41 Å². The molecular formula is C64H4S. The zero-order valence-electron chi connectivity index (χ0n) is 32.7. The van der Waals surface area contributed by atoms with E-state index >= 15 is 0 Å². The number of benzene rings is 18. The predicted molar refractivity (Wildman–Crippen MR) is 278 cm³/mol. The molecule has 4 aliphatic carbocycles. The standard InChI is InChI=1S/C64H4S/c1-2-65-3-4(1)64-61-57-51-37-29-21-9-6-5-7-10(9)22-24-20-14(7)16-12-8(5)11-15-13(6)19-23(21)35(37)43-41-27(19)25(15)33-31-17(11)18(12)32-34-26(16)28(20)42-44-36(24)38(30(22)29)52(51)58(61)54(44)56-48(42)46(34)50-40(32)39(31)49-45(33)47(41)55(53(43)57)62(64)59(49)60(50)63(56)64/h1-3,61H. The molecule has 1 heterocycles. The van der Waals surface area contributed by atoms with Crippen molar-refractivity contribution in [3.8, 4) is 0 Å². The van der Waals surface area contributed by atoms with Crippen molar-refractivity contribution < 1.29 is 0 Å². The highest BCUT2D eigenvalue weighted by Crippen LogP contribution is 2.84. The minimum absolute atomic E-state index is 0.259. The van der Waals surface area contributed by atoms with Crippen LogP contribution in [0.5, 0.6) is 0 Å². The summed E-state index contributed by atoms with van der Waals surface area (Å²) in [7, 11) is 0. The molecule has 1 heteroatoms. The van der Waals surface area contributed by atoms with E-state index in [2.05, 4.69) is 16.8 Å². The second-order valence-corrected chi connectivity index (χ2v) is 24.9. The van der Waals surface area contributed by atoms with Gasteiger partial charge < -0.3 is 0 Å². The molecule has 0 N–H and O–H groups in total. The van der Waals surface area contributed by atoms with Gasteiger partial charge in [0.2, 0.25) is 0 Å². The smallest absolute Gasteiger partial charge is 0.0594 e. The molecule has 0 nitrogen and oxygen atoms in total. The average Bonchev–Trinajstić information content (AvgIpc) is 4.15. The van der Waals surface area contributed by atoms with Crippen molar-refractivity contribution in [3.05, 3.63) is 44.6 Å². The number of hydrogen-bond acceptors (Lipinski definition) is 1. The molecule has 1 aromatic heterocycles. The molecule has 29 aromatic rings. The van der Waals surface area contributed by atoms with Crippen LogP contribution >= 0.6 is 11.3 Å². The molecule has 4 aliphatic rings. The molecule has 33 rings (SSSR count). The van der Waals surface area contributed by atoms with E-state index in [1.165, 1.54) is 0 Å². The number of rotatable bonds is 1. The summed E-state index contributed by atoms with van der Waals surface area (Å²) in [5.74, 6) is 0.280. The van der Waals surface area contributed by atoms with E-state index in [4.69, 9.17) is 0 Å². The Balaban J connectivity index is 1.27. The Kier molecular flexibility index (Phi) is 1.84. The van der Waals surface area contributed by atoms with Gasteiger partial charge in [-0.3, -0.25) is 0 Å². The molecule has 0 saturated carbocycles. The van der Waals surface area contributed by atoms with Crippen LogP contribution in [0.15, 0.2) is 16.8 Å². The van der Waals surface area contributed by atoms with Crippen LogP contribution in [-0.4, -0.2) is 0 Å². The molecule has 0 fully saturated rings. The van der Waals surface area contributed by atoms with E-state index in [1.54, 1.807) is 319 Å². The first kappa shape index (κ1) is 23.2. The van der Waals surface area contributed by atoms with Crippen LogP contribution in [0.2, 0.25) is 0 Å². The van der Waals surface area contributed by atoms with Crippen molar-refractivity contribution >= 4 is 302 Å². The molecule has 266 valence electrons. The van der Waals surface area contributed by atoms with Gasteiger partial charge >= 0.3 is 0 Å². The third kappa shape index (κ3) is 1.20. The van der Waals surface area contributed by atoms with Crippen LogP contribution in [-0.2, 0) is 5.41 Å². The van der Waals surface area contributed by atoms with Gasteiger partial charge in [0.25, 0.3) is 0 Å². The topological polar surface area (TPSA) is 0 Å². The normalized spacial score (nSPS) is 21.4. The maximum absolute atomic E-state index is 2.64. The largest absolute Gasteiger partial charge is 0.152 e. The summed E-state index contributed by atoms with van der Waals surface area (Å²) in [5.41, 5.74) is 8.33. The van der Waals surface area contributed by atoms with Gasteiger partial charge in [0.1, 0.15) is 0 Å². The van der Waals surface area contributed by atoms with Gasteiger partial charge in [-0.05, 0) is 335 Å². The first-order valence-electron chi connectivity index (χ1n) is 24.2. The van der Waals surface area contributed by atoms with E-state index in [-0.39, 0.29) is 11.3 Å². The maximum atomic E-state index is 2.64. The van der Waals surface area contributed by atoms with Gasteiger partial charge in [0, 0.05) is 5.92 Å².